The minimum Gasteiger partial charge on any atom is -0.481 e. The molecule has 2 aromatic rings. The molecule has 0 aliphatic carbocycles. The predicted octanol–water partition coefficient (Wildman–Crippen LogP) is 3.19. The highest BCUT2D eigenvalue weighted by molar-refractivity contribution is 9.10. The summed E-state index contributed by atoms with van der Waals surface area (Å²) in [4.78, 5) is 11.3. The molecule has 1 fully saturated rings. The number of halogens is 1. The number of nitrogens with one attached hydrogen (secondary N) is 2. The Morgan fingerprint density at radius 2 is 2.19 bits per heavy atom. The van der Waals surface area contributed by atoms with Gasteiger partial charge in [0.15, 0.2) is 5.96 Å². The van der Waals surface area contributed by atoms with Crippen molar-refractivity contribution in [3.63, 3.8) is 0 Å². The lowest BCUT2D eigenvalue weighted by atomic mass is 10.2. The van der Waals surface area contributed by atoms with E-state index in [-0.39, 0.29) is 0 Å². The van der Waals surface area contributed by atoms with Gasteiger partial charge in [0.05, 0.1) is 19.3 Å². The number of anilines is 1. The number of methoxy groups -OCH3 is 1. The van der Waals surface area contributed by atoms with Gasteiger partial charge in [0.2, 0.25) is 5.88 Å². The standard InChI is InChI=1S/C20H26BrN5O/c1-3-22-20(24-13-15-7-6-11-23-19(15)27-2)25-16-10-12-26(14-16)18-9-5-4-8-17(18)21/h4-9,11,16H,3,10,12-14H2,1-2H3,(H2,22,24,25). The molecule has 1 aliphatic heterocycles. The molecule has 0 radical (unpaired) electrons. The molecule has 1 aromatic heterocycles. The monoisotopic (exact) mass is 431 g/mol. The van der Waals surface area contributed by atoms with Gasteiger partial charge in [0, 0.05) is 41.9 Å². The first-order valence-electron chi connectivity index (χ1n) is 9.23. The highest BCUT2D eigenvalue weighted by Gasteiger charge is 2.24. The van der Waals surface area contributed by atoms with Gasteiger partial charge in [-0.3, -0.25) is 0 Å². The average molecular weight is 432 g/mol. The fraction of sp³-hybridized carbons (Fsp3) is 0.400. The third kappa shape index (κ3) is 5.13. The molecule has 6 nitrogen and oxygen atoms in total. The van der Waals surface area contributed by atoms with E-state index < -0.39 is 0 Å². The van der Waals surface area contributed by atoms with E-state index in [1.807, 2.05) is 18.2 Å². The second-order valence-electron chi connectivity index (χ2n) is 6.39. The number of aromatic nitrogens is 1. The van der Waals surface area contributed by atoms with E-state index in [0.717, 1.165) is 42.1 Å². The van der Waals surface area contributed by atoms with Gasteiger partial charge in [-0.25, -0.2) is 9.98 Å². The van der Waals surface area contributed by atoms with Gasteiger partial charge in [0.1, 0.15) is 0 Å². The van der Waals surface area contributed by atoms with Gasteiger partial charge >= 0.3 is 0 Å². The largest absolute Gasteiger partial charge is 0.481 e. The summed E-state index contributed by atoms with van der Waals surface area (Å²) in [5.74, 6) is 1.44. The lowest BCUT2D eigenvalue weighted by Gasteiger charge is -2.21. The van der Waals surface area contributed by atoms with E-state index in [9.17, 15) is 0 Å². The van der Waals surface area contributed by atoms with E-state index in [1.54, 1.807) is 13.3 Å². The van der Waals surface area contributed by atoms with Crippen molar-refractivity contribution >= 4 is 27.6 Å². The highest BCUT2D eigenvalue weighted by Crippen LogP contribution is 2.28. The molecular weight excluding hydrogens is 406 g/mol. The minimum absolute atomic E-state index is 0.353. The van der Waals surface area contributed by atoms with Crippen molar-refractivity contribution in [3.05, 3.63) is 52.6 Å². The zero-order valence-electron chi connectivity index (χ0n) is 15.8. The zero-order valence-corrected chi connectivity index (χ0v) is 17.4. The summed E-state index contributed by atoms with van der Waals surface area (Å²) >= 11 is 3.65. The first kappa shape index (κ1) is 19.5. The zero-order chi connectivity index (χ0) is 19.1. The number of rotatable bonds is 6. The van der Waals surface area contributed by atoms with Gasteiger partial charge in [-0.05, 0) is 47.5 Å². The van der Waals surface area contributed by atoms with E-state index >= 15 is 0 Å². The topological polar surface area (TPSA) is 61.8 Å². The number of nitrogens with zero attached hydrogens (tertiary/aromatic N) is 3. The third-order valence-electron chi connectivity index (χ3n) is 4.52. The molecule has 0 saturated carbocycles. The van der Waals surface area contributed by atoms with Crippen molar-refractivity contribution in [2.24, 2.45) is 4.99 Å². The van der Waals surface area contributed by atoms with Crippen LogP contribution in [0.2, 0.25) is 0 Å². The van der Waals surface area contributed by atoms with Crippen LogP contribution >= 0.6 is 15.9 Å². The maximum atomic E-state index is 5.31. The van der Waals surface area contributed by atoms with Crippen LogP contribution in [0.3, 0.4) is 0 Å². The number of para-hydroxylation sites is 1. The lowest BCUT2D eigenvalue weighted by molar-refractivity contribution is 0.392. The number of benzene rings is 1. The van der Waals surface area contributed by atoms with Crippen LogP contribution in [0.5, 0.6) is 5.88 Å². The second-order valence-corrected chi connectivity index (χ2v) is 7.25. The summed E-state index contributed by atoms with van der Waals surface area (Å²) in [6.45, 7) is 5.38. The summed E-state index contributed by atoms with van der Waals surface area (Å²) in [6.07, 6.45) is 2.80. The lowest BCUT2D eigenvalue weighted by Crippen LogP contribution is -2.44. The third-order valence-corrected chi connectivity index (χ3v) is 5.19. The summed E-state index contributed by atoms with van der Waals surface area (Å²) in [5.41, 5.74) is 2.21. The minimum atomic E-state index is 0.353. The van der Waals surface area contributed by atoms with Gasteiger partial charge in [-0.15, -0.1) is 0 Å². The molecule has 2 N–H and O–H groups in total. The summed E-state index contributed by atoms with van der Waals surface area (Å²) in [6, 6.07) is 12.6. The maximum absolute atomic E-state index is 5.31. The molecule has 0 bridgehead atoms. The number of hydrogen-bond donors (Lipinski definition) is 2. The van der Waals surface area contributed by atoms with Crippen LogP contribution in [0, 0.1) is 0 Å². The first-order valence-corrected chi connectivity index (χ1v) is 10.0. The van der Waals surface area contributed by atoms with Crippen molar-refractivity contribution < 1.29 is 4.74 Å². The molecule has 2 heterocycles. The molecule has 0 spiro atoms. The predicted molar refractivity (Wildman–Crippen MR) is 114 cm³/mol. The van der Waals surface area contributed by atoms with Crippen LogP contribution in [0.1, 0.15) is 18.9 Å². The van der Waals surface area contributed by atoms with E-state index in [0.29, 0.717) is 18.5 Å². The summed E-state index contributed by atoms with van der Waals surface area (Å²) < 4.78 is 6.45. The fourth-order valence-electron chi connectivity index (χ4n) is 3.21. The molecule has 27 heavy (non-hydrogen) atoms. The molecule has 1 aliphatic rings. The van der Waals surface area contributed by atoms with Crippen LogP contribution in [0.15, 0.2) is 52.1 Å². The average Bonchev–Trinajstić information content (AvgIpc) is 3.15. The van der Waals surface area contributed by atoms with E-state index in [2.05, 4.69) is 61.6 Å². The number of aliphatic imine (C=N–C) groups is 1. The molecule has 0 amide bonds. The van der Waals surface area contributed by atoms with Crippen LogP contribution in [-0.2, 0) is 6.54 Å². The Labute approximate surface area is 169 Å². The number of hydrogen-bond acceptors (Lipinski definition) is 4. The van der Waals surface area contributed by atoms with Crippen molar-refractivity contribution in [1.29, 1.82) is 0 Å². The van der Waals surface area contributed by atoms with Crippen molar-refractivity contribution in [1.82, 2.24) is 15.6 Å². The SMILES string of the molecule is CCNC(=NCc1cccnc1OC)NC1CCN(c2ccccc2Br)C1. The first-order chi connectivity index (χ1) is 13.2. The maximum Gasteiger partial charge on any atom is 0.218 e. The van der Waals surface area contributed by atoms with Crippen molar-refractivity contribution in [2.75, 3.05) is 31.6 Å². The Morgan fingerprint density at radius 1 is 1.33 bits per heavy atom. The van der Waals surface area contributed by atoms with Gasteiger partial charge in [-0.1, -0.05) is 18.2 Å². The normalized spacial score (nSPS) is 17.1. The van der Waals surface area contributed by atoms with Gasteiger partial charge in [-0.2, -0.15) is 0 Å². The van der Waals surface area contributed by atoms with Crippen molar-refractivity contribution in [2.45, 2.75) is 25.9 Å². The smallest absolute Gasteiger partial charge is 0.218 e. The molecular formula is C20H26BrN5O. The highest BCUT2D eigenvalue weighted by atomic mass is 79.9. The van der Waals surface area contributed by atoms with E-state index in [1.165, 1.54) is 5.69 Å². The summed E-state index contributed by atoms with van der Waals surface area (Å²) in [5, 5.41) is 6.90. The molecule has 1 saturated heterocycles. The van der Waals surface area contributed by atoms with E-state index in [4.69, 9.17) is 9.73 Å². The van der Waals surface area contributed by atoms with Crippen LogP contribution in [-0.4, -0.2) is 43.7 Å². The molecule has 7 heteroatoms. The van der Waals surface area contributed by atoms with Crippen LogP contribution < -0.4 is 20.3 Å². The quantitative estimate of drug-likeness (QED) is 0.543. The van der Waals surface area contributed by atoms with Crippen LogP contribution in [0.25, 0.3) is 0 Å². The Hall–Kier alpha value is -2.28. The Morgan fingerprint density at radius 3 is 2.96 bits per heavy atom. The summed E-state index contributed by atoms with van der Waals surface area (Å²) in [7, 11) is 1.63. The van der Waals surface area contributed by atoms with Crippen LogP contribution in [0.4, 0.5) is 5.69 Å². The number of pyridine rings is 1. The molecule has 1 unspecified atom stereocenters. The molecule has 144 valence electrons. The van der Waals surface area contributed by atoms with Gasteiger partial charge in [0.25, 0.3) is 0 Å². The molecule has 3 rings (SSSR count). The van der Waals surface area contributed by atoms with Crippen molar-refractivity contribution in [3.8, 4) is 5.88 Å². The second kappa shape index (κ2) is 9.60. The molecule has 1 atom stereocenters. The molecule has 1 aromatic carbocycles. The Balaban J connectivity index is 1.64. The fourth-order valence-corrected chi connectivity index (χ4v) is 3.75. The van der Waals surface area contributed by atoms with Gasteiger partial charge < -0.3 is 20.3 Å². The Kier molecular flexibility index (Phi) is 6.92. The number of guanidine groups is 1. The number of ether oxygens (including phenoxy) is 1. The Bertz CT molecular complexity index is 782.